The van der Waals surface area contributed by atoms with E-state index in [-0.39, 0.29) is 22.3 Å². The first-order valence-corrected chi connectivity index (χ1v) is 8.39. The van der Waals surface area contributed by atoms with Crippen molar-refractivity contribution in [2.24, 2.45) is 5.92 Å². The Morgan fingerprint density at radius 1 is 1.36 bits per heavy atom. The molecule has 1 rings (SSSR count). The summed E-state index contributed by atoms with van der Waals surface area (Å²) in [5.41, 5.74) is 0.252. The van der Waals surface area contributed by atoms with Gasteiger partial charge in [0.2, 0.25) is 15.9 Å². The van der Waals surface area contributed by atoms with Gasteiger partial charge in [-0.15, -0.1) is 0 Å². The molecule has 1 N–H and O–H groups in total. The minimum absolute atomic E-state index is 0.0214. The quantitative estimate of drug-likeness (QED) is 0.855. The Morgan fingerprint density at radius 3 is 2.50 bits per heavy atom. The van der Waals surface area contributed by atoms with Crippen LogP contribution in [0.5, 0.6) is 0 Å². The Hall–Kier alpha value is -1.91. The van der Waals surface area contributed by atoms with Crippen LogP contribution < -0.4 is 4.72 Å². The second kappa shape index (κ2) is 7.38. The summed E-state index contributed by atoms with van der Waals surface area (Å²) in [6.07, 6.45) is 0.397. The monoisotopic (exact) mass is 323 g/mol. The van der Waals surface area contributed by atoms with Crippen LogP contribution in [0, 0.1) is 17.2 Å². The van der Waals surface area contributed by atoms with Crippen LogP contribution in [0.3, 0.4) is 0 Å². The normalized spacial score (nSPS) is 12.7. The predicted octanol–water partition coefficient (Wildman–Crippen LogP) is 1.34. The van der Waals surface area contributed by atoms with Crippen LogP contribution in [0.25, 0.3) is 0 Å². The standard InChI is InChI=1S/C15H21N3O3S/c1-11(2)8-14(15(19)18(3)4)17-22(20,21)13-7-5-6-12(9-13)10-16/h5-7,9,11,14,17H,8H2,1-4H3. The highest BCUT2D eigenvalue weighted by atomic mass is 32.2. The zero-order chi connectivity index (χ0) is 16.9. The summed E-state index contributed by atoms with van der Waals surface area (Å²) >= 11 is 0. The van der Waals surface area contributed by atoms with Gasteiger partial charge >= 0.3 is 0 Å². The van der Waals surface area contributed by atoms with Crippen molar-refractivity contribution >= 4 is 15.9 Å². The number of rotatable bonds is 6. The minimum atomic E-state index is -3.86. The Balaban J connectivity index is 3.09. The number of nitrogens with zero attached hydrogens (tertiary/aromatic N) is 2. The Labute approximate surface area is 131 Å². The maximum Gasteiger partial charge on any atom is 0.241 e. The summed E-state index contributed by atoms with van der Waals surface area (Å²) in [4.78, 5) is 13.5. The molecule has 0 aromatic heterocycles. The maximum atomic E-state index is 12.4. The van der Waals surface area contributed by atoms with E-state index in [2.05, 4.69) is 4.72 Å². The van der Waals surface area contributed by atoms with Crippen LogP contribution in [0.1, 0.15) is 25.8 Å². The lowest BCUT2D eigenvalue weighted by atomic mass is 10.0. The molecule has 0 aliphatic rings. The molecular weight excluding hydrogens is 302 g/mol. The molecule has 0 aliphatic heterocycles. The van der Waals surface area contributed by atoms with E-state index in [1.807, 2.05) is 19.9 Å². The minimum Gasteiger partial charge on any atom is -0.347 e. The zero-order valence-corrected chi connectivity index (χ0v) is 14.0. The van der Waals surface area contributed by atoms with Gasteiger partial charge in [0.05, 0.1) is 16.5 Å². The summed E-state index contributed by atoms with van der Waals surface area (Å²) in [6.45, 7) is 3.83. The van der Waals surface area contributed by atoms with Crippen LogP contribution in [-0.2, 0) is 14.8 Å². The van der Waals surface area contributed by atoms with Gasteiger partial charge in [0.15, 0.2) is 0 Å². The molecule has 0 saturated carbocycles. The number of hydrogen-bond acceptors (Lipinski definition) is 4. The lowest BCUT2D eigenvalue weighted by Gasteiger charge is -2.23. The molecule has 1 atom stereocenters. The molecule has 0 fully saturated rings. The van der Waals surface area contributed by atoms with Gasteiger partial charge in [-0.2, -0.15) is 9.98 Å². The number of benzene rings is 1. The Morgan fingerprint density at radius 2 is 2.00 bits per heavy atom. The lowest BCUT2D eigenvalue weighted by molar-refractivity contribution is -0.130. The summed E-state index contributed by atoms with van der Waals surface area (Å²) < 4.78 is 27.3. The number of nitrogens with one attached hydrogen (secondary N) is 1. The van der Waals surface area contributed by atoms with E-state index in [0.29, 0.717) is 6.42 Å². The Kier molecular flexibility index (Phi) is 6.09. The zero-order valence-electron chi connectivity index (χ0n) is 13.2. The van der Waals surface area contributed by atoms with Crippen molar-refractivity contribution in [3.05, 3.63) is 29.8 Å². The second-order valence-electron chi connectivity index (χ2n) is 5.68. The highest BCUT2D eigenvalue weighted by Gasteiger charge is 2.27. The van der Waals surface area contributed by atoms with Crippen molar-refractivity contribution in [2.75, 3.05) is 14.1 Å². The van der Waals surface area contributed by atoms with Crippen molar-refractivity contribution in [3.8, 4) is 6.07 Å². The van der Waals surface area contributed by atoms with E-state index < -0.39 is 16.1 Å². The SMILES string of the molecule is CC(C)CC(NS(=O)(=O)c1cccc(C#N)c1)C(=O)N(C)C. The number of sulfonamides is 1. The molecule has 7 heteroatoms. The van der Waals surface area contributed by atoms with Crippen molar-refractivity contribution in [1.29, 1.82) is 5.26 Å². The highest BCUT2D eigenvalue weighted by Crippen LogP contribution is 2.14. The average Bonchev–Trinajstić information content (AvgIpc) is 2.45. The maximum absolute atomic E-state index is 12.4. The van der Waals surface area contributed by atoms with Crippen molar-refractivity contribution in [2.45, 2.75) is 31.2 Å². The van der Waals surface area contributed by atoms with E-state index in [0.717, 1.165) is 0 Å². The van der Waals surface area contributed by atoms with Gasteiger partial charge in [-0.1, -0.05) is 19.9 Å². The fourth-order valence-electron chi connectivity index (χ4n) is 1.97. The van der Waals surface area contributed by atoms with Gasteiger partial charge in [0.25, 0.3) is 0 Å². The smallest absolute Gasteiger partial charge is 0.241 e. The first kappa shape index (κ1) is 18.1. The largest absolute Gasteiger partial charge is 0.347 e. The summed E-state index contributed by atoms with van der Waals surface area (Å²) in [5, 5.41) is 8.86. The molecule has 0 heterocycles. The summed E-state index contributed by atoms with van der Waals surface area (Å²) in [6, 6.07) is 6.78. The summed E-state index contributed by atoms with van der Waals surface area (Å²) in [5.74, 6) is -0.143. The number of hydrogen-bond donors (Lipinski definition) is 1. The molecule has 0 aliphatic carbocycles. The molecule has 120 valence electrons. The third-order valence-corrected chi connectivity index (χ3v) is 4.49. The molecule has 0 bridgehead atoms. The number of carbonyl (C=O) groups excluding carboxylic acids is 1. The van der Waals surface area contributed by atoms with Crippen molar-refractivity contribution < 1.29 is 13.2 Å². The van der Waals surface area contributed by atoms with E-state index in [9.17, 15) is 13.2 Å². The molecule has 22 heavy (non-hydrogen) atoms. The first-order valence-electron chi connectivity index (χ1n) is 6.91. The van der Waals surface area contributed by atoms with Crippen LogP contribution in [-0.4, -0.2) is 39.4 Å². The van der Waals surface area contributed by atoms with Crippen molar-refractivity contribution in [3.63, 3.8) is 0 Å². The summed E-state index contributed by atoms with van der Waals surface area (Å²) in [7, 11) is -0.698. The van der Waals surface area contributed by atoms with Gasteiger partial charge in [0, 0.05) is 14.1 Å². The first-order chi connectivity index (χ1) is 10.2. The van der Waals surface area contributed by atoms with Crippen LogP contribution in [0.2, 0.25) is 0 Å². The molecule has 0 saturated heterocycles. The number of carbonyl (C=O) groups is 1. The molecular formula is C15H21N3O3S. The van der Waals surface area contributed by atoms with E-state index in [1.165, 1.54) is 29.2 Å². The predicted molar refractivity (Wildman–Crippen MR) is 83.4 cm³/mol. The number of nitriles is 1. The third-order valence-electron chi connectivity index (χ3n) is 3.02. The fraction of sp³-hybridized carbons (Fsp3) is 0.467. The van der Waals surface area contributed by atoms with E-state index in [1.54, 1.807) is 14.1 Å². The molecule has 1 unspecified atom stereocenters. The second-order valence-corrected chi connectivity index (χ2v) is 7.39. The van der Waals surface area contributed by atoms with E-state index in [4.69, 9.17) is 5.26 Å². The number of likely N-dealkylation sites (N-methyl/N-ethyl adjacent to an activating group) is 1. The third kappa shape index (κ3) is 4.83. The molecule has 0 spiro atoms. The molecule has 1 amide bonds. The van der Waals surface area contributed by atoms with Gasteiger partial charge < -0.3 is 4.90 Å². The van der Waals surface area contributed by atoms with Gasteiger partial charge in [-0.3, -0.25) is 4.79 Å². The lowest BCUT2D eigenvalue weighted by Crippen LogP contribution is -2.46. The fourth-order valence-corrected chi connectivity index (χ4v) is 3.22. The molecule has 1 aromatic rings. The van der Waals surface area contributed by atoms with Gasteiger partial charge in [-0.25, -0.2) is 8.42 Å². The van der Waals surface area contributed by atoms with Gasteiger partial charge in [0.1, 0.15) is 6.04 Å². The van der Waals surface area contributed by atoms with Crippen LogP contribution >= 0.6 is 0 Å². The highest BCUT2D eigenvalue weighted by molar-refractivity contribution is 7.89. The molecule has 1 aromatic carbocycles. The number of amides is 1. The Bertz CT molecular complexity index is 676. The average molecular weight is 323 g/mol. The van der Waals surface area contributed by atoms with Gasteiger partial charge in [-0.05, 0) is 30.5 Å². The topological polar surface area (TPSA) is 90.3 Å². The molecule has 6 nitrogen and oxygen atoms in total. The molecule has 0 radical (unpaired) electrons. The van der Waals surface area contributed by atoms with Crippen LogP contribution in [0.15, 0.2) is 29.2 Å². The van der Waals surface area contributed by atoms with Crippen molar-refractivity contribution in [1.82, 2.24) is 9.62 Å². The van der Waals surface area contributed by atoms with Crippen LogP contribution in [0.4, 0.5) is 0 Å². The van der Waals surface area contributed by atoms with E-state index >= 15 is 0 Å².